The van der Waals surface area contributed by atoms with Crippen LogP contribution >= 0.6 is 23.4 Å². The molecule has 0 saturated heterocycles. The van der Waals surface area contributed by atoms with Crippen molar-refractivity contribution >= 4 is 51.2 Å². The summed E-state index contributed by atoms with van der Waals surface area (Å²) in [5.74, 6) is -0.770. The number of hydrogen-bond donors (Lipinski definition) is 0. The van der Waals surface area contributed by atoms with Crippen molar-refractivity contribution in [3.05, 3.63) is 81.3 Å². The van der Waals surface area contributed by atoms with E-state index in [-0.39, 0.29) is 17.3 Å². The second kappa shape index (κ2) is 7.66. The lowest BCUT2D eigenvalue weighted by Crippen LogP contribution is -2.16. The van der Waals surface area contributed by atoms with E-state index in [1.54, 1.807) is 36.0 Å². The number of nitrogens with zero attached hydrogens (tertiary/aromatic N) is 1. The van der Waals surface area contributed by atoms with Gasteiger partial charge in [-0.25, -0.2) is 14.6 Å². The molecule has 0 radical (unpaired) electrons. The number of benzene rings is 2. The highest BCUT2D eigenvalue weighted by atomic mass is 35.5. The minimum atomic E-state index is -0.770. The van der Waals surface area contributed by atoms with E-state index in [1.807, 2.05) is 30.5 Å². The Labute approximate surface area is 169 Å². The topological polar surface area (TPSA) is 69.4 Å². The van der Waals surface area contributed by atoms with Crippen LogP contribution in [0, 0.1) is 0 Å². The second-order valence-electron chi connectivity index (χ2n) is 6.06. The first-order chi connectivity index (χ1) is 13.5. The molecule has 2 heterocycles. The van der Waals surface area contributed by atoms with E-state index in [1.165, 1.54) is 6.07 Å². The molecule has 2 aromatic heterocycles. The molecule has 4 aromatic rings. The van der Waals surface area contributed by atoms with Crippen LogP contribution in [0.3, 0.4) is 0 Å². The molecule has 0 unspecified atom stereocenters. The number of halogens is 1. The van der Waals surface area contributed by atoms with Crippen LogP contribution in [0.4, 0.5) is 0 Å². The second-order valence-corrected chi connectivity index (χ2v) is 7.30. The minimum absolute atomic E-state index is 0.100. The fraction of sp³-hybridized carbons (Fsp3) is 0.0952. The van der Waals surface area contributed by atoms with Gasteiger partial charge < -0.3 is 9.15 Å². The van der Waals surface area contributed by atoms with Crippen molar-refractivity contribution < 1.29 is 13.9 Å². The summed E-state index contributed by atoms with van der Waals surface area (Å²) in [5.41, 5.74) is 0.839. The van der Waals surface area contributed by atoms with Gasteiger partial charge in [-0.15, -0.1) is 11.8 Å². The number of rotatable bonds is 4. The molecule has 140 valence electrons. The molecule has 0 fully saturated rings. The normalized spacial score (nSPS) is 11.1. The first kappa shape index (κ1) is 18.5. The number of hydrogen-bond acceptors (Lipinski definition) is 6. The number of carbonyl (C=O) groups is 1. The van der Waals surface area contributed by atoms with Gasteiger partial charge in [0.1, 0.15) is 22.9 Å². The smallest absolute Gasteiger partial charge is 0.351 e. The summed E-state index contributed by atoms with van der Waals surface area (Å²) in [7, 11) is 0. The predicted octanol–water partition coefficient (Wildman–Crippen LogP) is 5.07. The van der Waals surface area contributed by atoms with Crippen LogP contribution in [0.1, 0.15) is 15.9 Å². The van der Waals surface area contributed by atoms with Gasteiger partial charge in [-0.3, -0.25) is 0 Å². The number of pyridine rings is 1. The van der Waals surface area contributed by atoms with E-state index in [9.17, 15) is 9.59 Å². The fourth-order valence-corrected chi connectivity index (χ4v) is 3.45. The molecule has 0 atom stereocenters. The van der Waals surface area contributed by atoms with E-state index in [0.717, 1.165) is 15.8 Å². The van der Waals surface area contributed by atoms with Crippen LogP contribution < -0.4 is 5.63 Å². The van der Waals surface area contributed by atoms with Crippen LogP contribution in [0.15, 0.2) is 68.7 Å². The van der Waals surface area contributed by atoms with Gasteiger partial charge in [-0.05, 0) is 36.6 Å². The van der Waals surface area contributed by atoms with Gasteiger partial charge in [0.15, 0.2) is 0 Å². The maximum atomic E-state index is 12.4. The Balaban J connectivity index is 1.59. The number of aromatic nitrogens is 1. The molecule has 4 rings (SSSR count). The van der Waals surface area contributed by atoms with Crippen molar-refractivity contribution in [3.8, 4) is 0 Å². The zero-order valence-electron chi connectivity index (χ0n) is 14.8. The van der Waals surface area contributed by atoms with Crippen molar-refractivity contribution in [2.24, 2.45) is 0 Å². The molecule has 0 amide bonds. The Bertz CT molecular complexity index is 1270. The summed E-state index contributed by atoms with van der Waals surface area (Å²) in [6.45, 7) is -0.100. The van der Waals surface area contributed by atoms with E-state index in [0.29, 0.717) is 16.5 Å². The third-order valence-electron chi connectivity index (χ3n) is 4.27. The van der Waals surface area contributed by atoms with Crippen LogP contribution in [-0.2, 0) is 11.3 Å². The standard InChI is InChI=1S/C21H14ClNO4S/c1-28-15-7-6-12-8-14(19(22)23-17(12)10-15)11-26-20(24)16-9-13-4-2-3-5-18(13)27-21(16)25/h2-10H,11H2,1H3. The van der Waals surface area contributed by atoms with Crippen molar-refractivity contribution in [2.75, 3.05) is 6.26 Å². The van der Waals surface area contributed by atoms with Gasteiger partial charge in [-0.2, -0.15) is 0 Å². The maximum Gasteiger partial charge on any atom is 0.351 e. The summed E-state index contributed by atoms with van der Waals surface area (Å²) in [4.78, 5) is 29.9. The average Bonchev–Trinajstić information content (AvgIpc) is 2.71. The molecule has 0 bridgehead atoms. The molecule has 7 heteroatoms. The third kappa shape index (κ3) is 3.61. The number of esters is 1. The first-order valence-electron chi connectivity index (χ1n) is 8.38. The average molecular weight is 412 g/mol. The SMILES string of the molecule is CSc1ccc2cc(COC(=O)c3cc4ccccc4oc3=O)c(Cl)nc2c1. The van der Waals surface area contributed by atoms with Crippen LogP contribution in [0.2, 0.25) is 5.15 Å². The Morgan fingerprint density at radius 2 is 1.96 bits per heavy atom. The Hall–Kier alpha value is -2.83. The molecular weight excluding hydrogens is 398 g/mol. The number of thioether (sulfide) groups is 1. The quantitative estimate of drug-likeness (QED) is 0.202. The van der Waals surface area contributed by atoms with Crippen molar-refractivity contribution in [1.82, 2.24) is 4.98 Å². The highest BCUT2D eigenvalue weighted by Gasteiger charge is 2.16. The molecule has 0 saturated carbocycles. The molecule has 0 N–H and O–H groups in total. The van der Waals surface area contributed by atoms with Gasteiger partial charge in [-0.1, -0.05) is 35.9 Å². The van der Waals surface area contributed by atoms with Gasteiger partial charge in [0.2, 0.25) is 0 Å². The van der Waals surface area contributed by atoms with Gasteiger partial charge in [0.05, 0.1) is 5.52 Å². The van der Waals surface area contributed by atoms with Gasteiger partial charge >= 0.3 is 11.6 Å². The summed E-state index contributed by atoms with van der Waals surface area (Å²) in [5, 5.41) is 1.78. The van der Waals surface area contributed by atoms with Crippen LogP contribution in [0.5, 0.6) is 0 Å². The molecule has 0 aliphatic heterocycles. The molecule has 0 aliphatic rings. The Morgan fingerprint density at radius 3 is 2.79 bits per heavy atom. The van der Waals surface area contributed by atoms with Crippen LogP contribution in [-0.4, -0.2) is 17.2 Å². The highest BCUT2D eigenvalue weighted by Crippen LogP contribution is 2.25. The summed E-state index contributed by atoms with van der Waals surface area (Å²) in [6.07, 6.45) is 1.99. The highest BCUT2D eigenvalue weighted by molar-refractivity contribution is 7.98. The lowest BCUT2D eigenvalue weighted by Gasteiger charge is -2.08. The van der Waals surface area contributed by atoms with E-state index in [4.69, 9.17) is 20.8 Å². The van der Waals surface area contributed by atoms with Crippen molar-refractivity contribution in [3.63, 3.8) is 0 Å². The lowest BCUT2D eigenvalue weighted by molar-refractivity contribution is 0.0468. The predicted molar refractivity (Wildman–Crippen MR) is 110 cm³/mol. The Morgan fingerprint density at radius 1 is 1.14 bits per heavy atom. The van der Waals surface area contributed by atoms with E-state index >= 15 is 0 Å². The van der Waals surface area contributed by atoms with E-state index < -0.39 is 11.6 Å². The fourth-order valence-electron chi connectivity index (χ4n) is 2.82. The number of fused-ring (bicyclic) bond motifs is 2. The number of ether oxygens (including phenoxy) is 1. The first-order valence-corrected chi connectivity index (χ1v) is 9.98. The Kier molecular flexibility index (Phi) is 5.07. The summed E-state index contributed by atoms with van der Waals surface area (Å²) in [6, 6.07) is 16.1. The largest absolute Gasteiger partial charge is 0.457 e. The molecule has 5 nitrogen and oxygen atoms in total. The molecule has 0 aliphatic carbocycles. The summed E-state index contributed by atoms with van der Waals surface area (Å²) >= 11 is 7.86. The number of carbonyl (C=O) groups excluding carboxylic acids is 1. The van der Waals surface area contributed by atoms with E-state index in [2.05, 4.69) is 4.98 Å². The minimum Gasteiger partial charge on any atom is -0.457 e. The lowest BCUT2D eigenvalue weighted by atomic mass is 10.1. The number of para-hydroxylation sites is 1. The molecule has 28 heavy (non-hydrogen) atoms. The molecular formula is C21H14ClNO4S. The van der Waals surface area contributed by atoms with Crippen LogP contribution in [0.25, 0.3) is 21.9 Å². The summed E-state index contributed by atoms with van der Waals surface area (Å²) < 4.78 is 10.5. The van der Waals surface area contributed by atoms with Gasteiger partial charge in [0, 0.05) is 21.2 Å². The van der Waals surface area contributed by atoms with Crippen molar-refractivity contribution in [1.29, 1.82) is 0 Å². The van der Waals surface area contributed by atoms with Crippen molar-refractivity contribution in [2.45, 2.75) is 11.5 Å². The zero-order valence-corrected chi connectivity index (χ0v) is 16.3. The maximum absolute atomic E-state index is 12.4. The molecule has 0 spiro atoms. The third-order valence-corrected chi connectivity index (χ3v) is 5.32. The monoisotopic (exact) mass is 411 g/mol. The zero-order chi connectivity index (χ0) is 19.7. The van der Waals surface area contributed by atoms with Gasteiger partial charge in [0.25, 0.3) is 0 Å². The molecule has 2 aromatic carbocycles.